The number of nitrogen functional groups attached to an aromatic ring is 1. The number of aliphatic hydroxyl groups excluding tert-OH is 2. The molecule has 37 heavy (non-hydrogen) atoms. The van der Waals surface area contributed by atoms with Crippen molar-refractivity contribution in [3.05, 3.63) is 22.2 Å². The van der Waals surface area contributed by atoms with Gasteiger partial charge in [-0.25, -0.2) is 9.59 Å². The molecule has 2 fully saturated rings. The van der Waals surface area contributed by atoms with E-state index in [1.807, 2.05) is 13.8 Å². The maximum atomic E-state index is 12.8. The van der Waals surface area contributed by atoms with E-state index in [0.717, 1.165) is 31.5 Å². The number of benzene rings is 1. The molecular weight excluding hydrogens is 510 g/mol. The molecule has 2 unspecified atom stereocenters. The number of anilines is 1. The van der Waals surface area contributed by atoms with E-state index in [-0.39, 0.29) is 5.91 Å². The van der Waals surface area contributed by atoms with Crippen molar-refractivity contribution >= 4 is 35.1 Å². The molecule has 0 bridgehead atoms. The lowest BCUT2D eigenvalue weighted by molar-refractivity contribution is -0.165. The topological polar surface area (TPSA) is 203 Å². The minimum absolute atomic E-state index is 0.145. The van der Waals surface area contributed by atoms with Gasteiger partial charge in [0.15, 0.2) is 12.2 Å². The first-order valence-electron chi connectivity index (χ1n) is 12.0. The standard InChI is InChI=1S/C20H28ClN3O3.C4H6O6/c1-20(2,26)10-24-8-14-13(15(14)9-24)7-23-19(25)12-6-16(21)17(22)11-4-3-5-27-18(11)12;5-1(3(7)8)2(6)4(9)10/h6,13-15,26H,3-5,7-10,22H2,1-2H3,(H,23,25);1-2,5-6H,(H,7,8)(H,9,10)/t;1-,2-/m.1/s1. The molecule has 4 rings (SSSR count). The SMILES string of the molecule is CC(C)(O)CN1CC2C(CNC(=O)c3cc(Cl)c(N)c4c3OCCC4)C2C1.O=C(O)[C@H](O)[C@@H](O)C(=O)O. The molecule has 1 amide bonds. The highest BCUT2D eigenvalue weighted by Gasteiger charge is 2.55. The molecule has 13 heteroatoms. The molecule has 1 aliphatic carbocycles. The number of carbonyl (C=O) groups is 3. The van der Waals surface area contributed by atoms with Crippen LogP contribution in [0.15, 0.2) is 6.07 Å². The normalized spacial score (nSPS) is 23.9. The van der Waals surface area contributed by atoms with Crippen LogP contribution in [-0.2, 0) is 16.0 Å². The molecule has 1 saturated heterocycles. The molecule has 206 valence electrons. The van der Waals surface area contributed by atoms with Crippen molar-refractivity contribution < 1.29 is 44.7 Å². The van der Waals surface area contributed by atoms with Gasteiger partial charge in [-0.1, -0.05) is 11.6 Å². The molecule has 0 spiro atoms. The van der Waals surface area contributed by atoms with Gasteiger partial charge < -0.3 is 41.3 Å². The van der Waals surface area contributed by atoms with Gasteiger partial charge in [0.1, 0.15) is 5.75 Å². The van der Waals surface area contributed by atoms with Crippen LogP contribution in [0.1, 0.15) is 36.2 Å². The summed E-state index contributed by atoms with van der Waals surface area (Å²) in [4.78, 5) is 34.6. The molecule has 4 atom stereocenters. The summed E-state index contributed by atoms with van der Waals surface area (Å²) in [7, 11) is 0. The number of nitrogens with zero attached hydrogens (tertiary/aromatic N) is 1. The Morgan fingerprint density at radius 2 is 1.76 bits per heavy atom. The molecule has 3 aliphatic rings. The van der Waals surface area contributed by atoms with Crippen LogP contribution in [-0.4, -0.2) is 98.9 Å². The van der Waals surface area contributed by atoms with Crippen LogP contribution in [0.3, 0.4) is 0 Å². The van der Waals surface area contributed by atoms with E-state index in [0.29, 0.717) is 59.5 Å². The molecule has 1 aromatic rings. The van der Waals surface area contributed by atoms with E-state index in [1.54, 1.807) is 6.07 Å². The molecule has 2 heterocycles. The lowest BCUT2D eigenvalue weighted by atomic mass is 9.99. The van der Waals surface area contributed by atoms with Gasteiger partial charge in [-0.05, 0) is 50.5 Å². The van der Waals surface area contributed by atoms with Crippen LogP contribution >= 0.6 is 11.6 Å². The first-order valence-corrected chi connectivity index (χ1v) is 12.4. The molecule has 1 aromatic carbocycles. The summed E-state index contributed by atoms with van der Waals surface area (Å²) in [5, 5.41) is 46.0. The van der Waals surface area contributed by atoms with E-state index in [1.165, 1.54) is 0 Å². The number of carbonyl (C=O) groups excluding carboxylic acids is 1. The van der Waals surface area contributed by atoms with Gasteiger partial charge in [-0.3, -0.25) is 9.69 Å². The van der Waals surface area contributed by atoms with Crippen molar-refractivity contribution in [1.82, 2.24) is 10.2 Å². The number of β-amino-alcohol motifs (C(OH)–C–C–N with tert-alkyl or cyclic N) is 1. The summed E-state index contributed by atoms with van der Waals surface area (Å²) in [6.45, 7) is 7.65. The van der Waals surface area contributed by atoms with E-state index in [4.69, 9.17) is 42.5 Å². The Kier molecular flexibility index (Phi) is 8.91. The third kappa shape index (κ3) is 7.02. The minimum Gasteiger partial charge on any atom is -0.492 e. The molecular formula is C24H34ClN3O9. The van der Waals surface area contributed by atoms with Crippen molar-refractivity contribution in [2.75, 3.05) is 38.5 Å². The second kappa shape index (κ2) is 11.4. The Balaban J connectivity index is 0.000000325. The number of nitrogens with one attached hydrogen (secondary N) is 1. The first kappa shape index (κ1) is 28.9. The average Bonchev–Trinajstić information content (AvgIpc) is 3.28. The fourth-order valence-electron chi connectivity index (χ4n) is 5.00. The number of aliphatic hydroxyl groups is 3. The first-order chi connectivity index (χ1) is 17.2. The maximum Gasteiger partial charge on any atom is 0.335 e. The summed E-state index contributed by atoms with van der Waals surface area (Å²) in [6, 6.07) is 1.62. The fourth-order valence-corrected chi connectivity index (χ4v) is 5.22. The number of rotatable bonds is 8. The van der Waals surface area contributed by atoms with Gasteiger partial charge in [0.05, 0.1) is 28.5 Å². The zero-order valence-corrected chi connectivity index (χ0v) is 21.4. The Morgan fingerprint density at radius 1 is 1.19 bits per heavy atom. The molecule has 0 aromatic heterocycles. The van der Waals surface area contributed by atoms with Crippen LogP contribution in [0, 0.1) is 17.8 Å². The summed E-state index contributed by atoms with van der Waals surface area (Å²) >= 11 is 6.23. The van der Waals surface area contributed by atoms with Crippen LogP contribution in [0.4, 0.5) is 5.69 Å². The van der Waals surface area contributed by atoms with Crippen LogP contribution in [0.2, 0.25) is 5.02 Å². The summed E-state index contributed by atoms with van der Waals surface area (Å²) in [6.07, 6.45) is -2.87. The Bertz CT molecular complexity index is 1020. The zero-order valence-electron chi connectivity index (χ0n) is 20.7. The van der Waals surface area contributed by atoms with Gasteiger partial charge >= 0.3 is 11.9 Å². The number of nitrogens with two attached hydrogens (primary N) is 1. The highest BCUT2D eigenvalue weighted by Crippen LogP contribution is 2.51. The van der Waals surface area contributed by atoms with E-state index in [9.17, 15) is 19.5 Å². The van der Waals surface area contributed by atoms with E-state index < -0.39 is 29.7 Å². The highest BCUT2D eigenvalue weighted by atomic mass is 35.5. The largest absolute Gasteiger partial charge is 0.492 e. The molecule has 12 nitrogen and oxygen atoms in total. The van der Waals surface area contributed by atoms with Crippen molar-refractivity contribution in [1.29, 1.82) is 0 Å². The van der Waals surface area contributed by atoms with Crippen molar-refractivity contribution in [2.45, 2.75) is 44.5 Å². The molecule has 2 aliphatic heterocycles. The highest BCUT2D eigenvalue weighted by molar-refractivity contribution is 6.33. The van der Waals surface area contributed by atoms with Gasteiger partial charge in [0.2, 0.25) is 0 Å². The lowest BCUT2D eigenvalue weighted by Gasteiger charge is -2.27. The van der Waals surface area contributed by atoms with Gasteiger partial charge in [-0.2, -0.15) is 0 Å². The number of piperidine rings is 1. The third-order valence-corrected chi connectivity index (χ3v) is 7.11. The predicted octanol–water partition coefficient (Wildman–Crippen LogP) is -0.197. The van der Waals surface area contributed by atoms with Gasteiger partial charge in [0.25, 0.3) is 5.91 Å². The smallest absolute Gasteiger partial charge is 0.335 e. The minimum atomic E-state index is -2.27. The third-order valence-electron chi connectivity index (χ3n) is 6.80. The quantitative estimate of drug-likeness (QED) is 0.214. The average molecular weight is 544 g/mol. The second-order valence-corrected chi connectivity index (χ2v) is 10.8. The predicted molar refractivity (Wildman–Crippen MR) is 133 cm³/mol. The number of ether oxygens (including phenoxy) is 1. The van der Waals surface area contributed by atoms with Crippen molar-refractivity contribution in [2.24, 2.45) is 17.8 Å². The number of likely N-dealkylation sites (tertiary alicyclic amines) is 1. The molecule has 1 saturated carbocycles. The van der Waals surface area contributed by atoms with Gasteiger partial charge in [-0.15, -0.1) is 0 Å². The van der Waals surface area contributed by atoms with E-state index >= 15 is 0 Å². The second-order valence-electron chi connectivity index (χ2n) is 10.4. The van der Waals surface area contributed by atoms with Crippen LogP contribution < -0.4 is 15.8 Å². The number of hydrogen-bond acceptors (Lipinski definition) is 9. The maximum absolute atomic E-state index is 12.8. The van der Waals surface area contributed by atoms with E-state index in [2.05, 4.69) is 10.2 Å². The number of fused-ring (bicyclic) bond motifs is 2. The number of aliphatic carboxylic acids is 2. The zero-order chi connectivity index (χ0) is 27.7. The van der Waals surface area contributed by atoms with Crippen LogP contribution in [0.25, 0.3) is 0 Å². The van der Waals surface area contributed by atoms with Crippen molar-refractivity contribution in [3.8, 4) is 5.75 Å². The lowest BCUT2D eigenvalue weighted by Crippen LogP contribution is -2.39. The molecule has 8 N–H and O–H groups in total. The van der Waals surface area contributed by atoms with Crippen LogP contribution in [0.5, 0.6) is 5.75 Å². The number of halogens is 1. The van der Waals surface area contributed by atoms with Crippen molar-refractivity contribution in [3.63, 3.8) is 0 Å². The Labute approximate surface area is 219 Å². The monoisotopic (exact) mass is 543 g/mol. The number of amides is 1. The fraction of sp³-hybridized carbons (Fsp3) is 0.625. The Morgan fingerprint density at radius 3 is 2.27 bits per heavy atom. The Hall–Kier alpha value is -2.64. The summed E-state index contributed by atoms with van der Waals surface area (Å²) in [5.41, 5.74) is 7.25. The number of hydrogen-bond donors (Lipinski definition) is 7. The summed E-state index contributed by atoms with van der Waals surface area (Å²) in [5.74, 6) is -1.33. The number of carboxylic acids is 2. The summed E-state index contributed by atoms with van der Waals surface area (Å²) < 4.78 is 5.74. The molecule has 0 radical (unpaired) electrons. The number of carboxylic acid groups (broad SMARTS) is 2. The van der Waals surface area contributed by atoms with Gasteiger partial charge in [0, 0.05) is 31.7 Å².